The summed E-state index contributed by atoms with van der Waals surface area (Å²) >= 11 is 12.9. The Labute approximate surface area is 171 Å². The van der Waals surface area contributed by atoms with E-state index >= 15 is 0 Å². The molecule has 0 saturated heterocycles. The van der Waals surface area contributed by atoms with E-state index in [0.717, 1.165) is 12.0 Å². The van der Waals surface area contributed by atoms with Gasteiger partial charge in [0.1, 0.15) is 0 Å². The van der Waals surface area contributed by atoms with Crippen LogP contribution in [0.1, 0.15) is 39.9 Å². The van der Waals surface area contributed by atoms with Crippen LogP contribution in [0.2, 0.25) is 10.0 Å². The van der Waals surface area contributed by atoms with E-state index < -0.39 is 10.9 Å². The van der Waals surface area contributed by atoms with E-state index in [9.17, 15) is 14.9 Å². The molecule has 2 aliphatic rings. The number of anilines is 1. The van der Waals surface area contributed by atoms with E-state index in [4.69, 9.17) is 27.9 Å². The Bertz CT molecular complexity index is 1020. The molecule has 2 aromatic rings. The highest BCUT2D eigenvalue weighted by Gasteiger charge is 2.42. The number of carbonyl (C=O) groups excluding carboxylic acids is 1. The van der Waals surface area contributed by atoms with E-state index in [2.05, 4.69) is 5.32 Å². The fraction of sp³-hybridized carbons (Fsp3) is 0.250. The molecule has 2 aromatic carbocycles. The van der Waals surface area contributed by atoms with Crippen molar-refractivity contribution < 1.29 is 14.5 Å². The summed E-state index contributed by atoms with van der Waals surface area (Å²) < 4.78 is 4.93. The number of fused-ring (bicyclic) bond motifs is 3. The number of hydrogen-bond donors (Lipinski definition) is 1. The molecule has 1 N–H and O–H groups in total. The van der Waals surface area contributed by atoms with Crippen molar-refractivity contribution in [3.05, 3.63) is 79.3 Å². The molecule has 0 unspecified atom stereocenters. The predicted molar refractivity (Wildman–Crippen MR) is 107 cm³/mol. The van der Waals surface area contributed by atoms with Gasteiger partial charge in [-0.3, -0.25) is 10.1 Å². The van der Waals surface area contributed by atoms with Crippen molar-refractivity contribution in [2.75, 3.05) is 12.4 Å². The van der Waals surface area contributed by atoms with Crippen LogP contribution in [0.4, 0.5) is 11.4 Å². The molecule has 28 heavy (non-hydrogen) atoms. The Kier molecular flexibility index (Phi) is 4.77. The third-order valence-corrected chi connectivity index (χ3v) is 6.06. The van der Waals surface area contributed by atoms with Gasteiger partial charge in [0.25, 0.3) is 5.69 Å². The number of allylic oxidation sites excluding steroid dienone is 2. The molecule has 0 saturated carbocycles. The first kappa shape index (κ1) is 18.8. The number of ether oxygens (including phenoxy) is 1. The summed E-state index contributed by atoms with van der Waals surface area (Å²) in [6.45, 7) is 0. The Morgan fingerprint density at radius 3 is 2.71 bits per heavy atom. The normalized spacial score (nSPS) is 22.2. The molecule has 3 atom stereocenters. The van der Waals surface area contributed by atoms with Crippen molar-refractivity contribution in [1.82, 2.24) is 0 Å². The Hall–Kier alpha value is -2.57. The highest BCUT2D eigenvalue weighted by Crippen LogP contribution is 2.53. The van der Waals surface area contributed by atoms with E-state index in [1.165, 1.54) is 25.3 Å². The summed E-state index contributed by atoms with van der Waals surface area (Å²) in [4.78, 5) is 23.1. The van der Waals surface area contributed by atoms with Gasteiger partial charge in [0.05, 0.1) is 34.3 Å². The fourth-order valence-electron chi connectivity index (χ4n) is 4.15. The van der Waals surface area contributed by atoms with Crippen molar-refractivity contribution in [3.63, 3.8) is 0 Å². The number of nitrogens with one attached hydrogen (secondary N) is 1. The van der Waals surface area contributed by atoms with Crippen molar-refractivity contribution >= 4 is 40.5 Å². The lowest BCUT2D eigenvalue weighted by molar-refractivity contribution is -0.384. The number of non-ortho nitro benzene ring substituents is 1. The number of rotatable bonds is 3. The number of esters is 1. The summed E-state index contributed by atoms with van der Waals surface area (Å²) in [6.07, 6.45) is 4.84. The van der Waals surface area contributed by atoms with E-state index in [1.54, 1.807) is 12.1 Å². The highest BCUT2D eigenvalue weighted by atomic mass is 35.5. The predicted octanol–water partition coefficient (Wildman–Crippen LogP) is 5.51. The minimum Gasteiger partial charge on any atom is -0.465 e. The van der Waals surface area contributed by atoms with Gasteiger partial charge in [0.2, 0.25) is 0 Å². The molecule has 144 valence electrons. The number of nitro groups is 1. The number of benzene rings is 2. The first-order valence-electron chi connectivity index (χ1n) is 8.70. The third kappa shape index (κ3) is 2.93. The van der Waals surface area contributed by atoms with Crippen LogP contribution < -0.4 is 5.32 Å². The number of nitro benzene ring substituents is 1. The SMILES string of the molecule is COC(=O)c1ccc(Cl)c2c1[C@@H]1C=CC[C@@H]1[C@H](c1cc([N+](=O)[O-])ccc1Cl)N2. The van der Waals surface area contributed by atoms with Gasteiger partial charge < -0.3 is 10.1 Å². The van der Waals surface area contributed by atoms with Crippen molar-refractivity contribution in [1.29, 1.82) is 0 Å². The van der Waals surface area contributed by atoms with Crippen LogP contribution >= 0.6 is 23.2 Å². The largest absolute Gasteiger partial charge is 0.465 e. The Morgan fingerprint density at radius 2 is 2.00 bits per heavy atom. The lowest BCUT2D eigenvalue weighted by atomic mass is 9.75. The number of methoxy groups -OCH3 is 1. The second kappa shape index (κ2) is 7.11. The zero-order valence-corrected chi connectivity index (χ0v) is 16.3. The molecule has 0 spiro atoms. The molecular formula is C20H16Cl2N2O4. The quantitative estimate of drug-likeness (QED) is 0.307. The minimum absolute atomic E-state index is 0.0242. The van der Waals surface area contributed by atoms with E-state index in [-0.39, 0.29) is 23.6 Å². The van der Waals surface area contributed by atoms with Crippen LogP contribution in [0.5, 0.6) is 0 Å². The molecule has 4 rings (SSSR count). The molecular weight excluding hydrogens is 403 g/mol. The second-order valence-corrected chi connectivity index (χ2v) is 7.63. The van der Waals surface area contributed by atoms with Gasteiger partial charge in [-0.05, 0) is 36.1 Å². The van der Waals surface area contributed by atoms with Crippen LogP contribution in [0.3, 0.4) is 0 Å². The van der Waals surface area contributed by atoms with Gasteiger partial charge in [-0.25, -0.2) is 4.79 Å². The van der Waals surface area contributed by atoms with Gasteiger partial charge >= 0.3 is 5.97 Å². The molecule has 0 aromatic heterocycles. The zero-order chi connectivity index (χ0) is 20.0. The first-order valence-corrected chi connectivity index (χ1v) is 9.45. The lowest BCUT2D eigenvalue weighted by Gasteiger charge is -2.39. The maximum Gasteiger partial charge on any atom is 0.338 e. The second-order valence-electron chi connectivity index (χ2n) is 6.81. The van der Waals surface area contributed by atoms with Crippen LogP contribution in [0, 0.1) is 16.0 Å². The summed E-state index contributed by atoms with van der Waals surface area (Å²) in [5.41, 5.74) is 2.49. The number of nitrogens with zero attached hydrogens (tertiary/aromatic N) is 1. The molecule has 0 bridgehead atoms. The van der Waals surface area contributed by atoms with Crippen LogP contribution in [0.15, 0.2) is 42.5 Å². The summed E-state index contributed by atoms with van der Waals surface area (Å²) in [6, 6.07) is 7.44. The molecule has 1 aliphatic heterocycles. The molecule has 8 heteroatoms. The zero-order valence-electron chi connectivity index (χ0n) is 14.8. The van der Waals surface area contributed by atoms with Crippen LogP contribution in [0.25, 0.3) is 0 Å². The fourth-order valence-corrected chi connectivity index (χ4v) is 4.61. The maximum absolute atomic E-state index is 12.3. The van der Waals surface area contributed by atoms with Gasteiger partial charge in [-0.2, -0.15) is 0 Å². The van der Waals surface area contributed by atoms with E-state index in [1.807, 2.05) is 12.2 Å². The molecule has 6 nitrogen and oxygen atoms in total. The Balaban J connectivity index is 1.88. The third-order valence-electron chi connectivity index (χ3n) is 5.40. The summed E-state index contributed by atoms with van der Waals surface area (Å²) in [5.74, 6) is -0.473. The smallest absolute Gasteiger partial charge is 0.338 e. The average molecular weight is 419 g/mol. The number of halogens is 2. The molecule has 1 heterocycles. The molecule has 0 amide bonds. The van der Waals surface area contributed by atoms with Gasteiger partial charge in [-0.15, -0.1) is 0 Å². The maximum atomic E-state index is 12.3. The molecule has 1 aliphatic carbocycles. The number of carbonyl (C=O) groups is 1. The average Bonchev–Trinajstić information content (AvgIpc) is 3.17. The molecule has 0 radical (unpaired) electrons. The standard InChI is InChI=1S/C20H16Cl2N2O4/c1-28-20(25)13-6-8-16(22)19-17(13)11-3-2-4-12(11)18(23-19)14-9-10(24(26)27)5-7-15(14)21/h2-3,5-9,11-12,18,23H,4H2,1H3/t11-,12+,18-/m1/s1. The first-order chi connectivity index (χ1) is 13.4. The summed E-state index contributed by atoms with van der Waals surface area (Å²) in [5, 5.41) is 15.5. The van der Waals surface area contributed by atoms with Gasteiger partial charge in [-0.1, -0.05) is 35.4 Å². The van der Waals surface area contributed by atoms with Gasteiger partial charge in [0.15, 0.2) is 0 Å². The van der Waals surface area contributed by atoms with Gasteiger partial charge in [0, 0.05) is 28.6 Å². The monoisotopic (exact) mass is 418 g/mol. The van der Waals surface area contributed by atoms with Crippen molar-refractivity contribution in [2.24, 2.45) is 5.92 Å². The van der Waals surface area contributed by atoms with Crippen LogP contribution in [-0.4, -0.2) is 18.0 Å². The minimum atomic E-state index is -0.441. The lowest BCUT2D eigenvalue weighted by Crippen LogP contribution is -2.31. The highest BCUT2D eigenvalue weighted by molar-refractivity contribution is 6.34. The van der Waals surface area contributed by atoms with Crippen molar-refractivity contribution in [2.45, 2.75) is 18.4 Å². The van der Waals surface area contributed by atoms with Crippen LogP contribution in [-0.2, 0) is 4.74 Å². The topological polar surface area (TPSA) is 81.5 Å². The summed E-state index contributed by atoms with van der Waals surface area (Å²) in [7, 11) is 1.34. The molecule has 0 fully saturated rings. The van der Waals surface area contributed by atoms with E-state index in [0.29, 0.717) is 26.9 Å². The van der Waals surface area contributed by atoms with Crippen molar-refractivity contribution in [3.8, 4) is 0 Å². The Morgan fingerprint density at radius 1 is 1.25 bits per heavy atom. The number of hydrogen-bond acceptors (Lipinski definition) is 5.